The van der Waals surface area contributed by atoms with Crippen molar-refractivity contribution in [3.8, 4) is 0 Å². The summed E-state index contributed by atoms with van der Waals surface area (Å²) in [5, 5.41) is 9.09. The summed E-state index contributed by atoms with van der Waals surface area (Å²) in [5.74, 6) is -0.262. The van der Waals surface area contributed by atoms with E-state index in [1.807, 2.05) is 0 Å². The molecular formula is C8H13NO4. The normalized spacial score (nSPS) is 14.3. The molecule has 0 aromatic carbocycles. The van der Waals surface area contributed by atoms with Gasteiger partial charge in [0.2, 0.25) is 0 Å². The van der Waals surface area contributed by atoms with Gasteiger partial charge in [0.25, 0.3) is 5.09 Å². The number of rotatable bonds is 6. The van der Waals surface area contributed by atoms with Gasteiger partial charge in [-0.05, 0) is 13.3 Å². The third kappa shape index (κ3) is 4.95. The van der Waals surface area contributed by atoms with Crippen molar-refractivity contribution in [3.05, 3.63) is 22.8 Å². The van der Waals surface area contributed by atoms with E-state index >= 15 is 0 Å². The van der Waals surface area contributed by atoms with Crippen molar-refractivity contribution in [2.24, 2.45) is 5.92 Å². The Balaban J connectivity index is 4.04. The van der Waals surface area contributed by atoms with Crippen LogP contribution in [0.15, 0.2) is 12.7 Å². The minimum absolute atomic E-state index is 0.0150. The number of carbonyl (C=O) groups excluding carboxylic acids is 1. The maximum absolute atomic E-state index is 10.8. The molecule has 0 aromatic rings. The molecule has 0 radical (unpaired) electrons. The standard InChI is InChI=1S/C8H13NO4/c1-4-8(13-9(11)12)5-6(2)7(3)10/h4,6,8H,1,5H2,2-3H3. The quantitative estimate of drug-likeness (QED) is 0.357. The number of hydrogen-bond acceptors (Lipinski definition) is 4. The number of nitrogens with zero attached hydrogens (tertiary/aromatic N) is 1. The van der Waals surface area contributed by atoms with Crippen molar-refractivity contribution in [1.82, 2.24) is 0 Å². The van der Waals surface area contributed by atoms with Crippen molar-refractivity contribution in [2.75, 3.05) is 0 Å². The molecule has 0 aliphatic carbocycles. The minimum Gasteiger partial charge on any atom is -0.306 e. The fourth-order valence-electron chi connectivity index (χ4n) is 0.807. The van der Waals surface area contributed by atoms with Gasteiger partial charge in [0.1, 0.15) is 11.9 Å². The molecule has 0 heterocycles. The Kier molecular flexibility index (Phi) is 4.72. The molecule has 0 saturated carbocycles. The zero-order chi connectivity index (χ0) is 10.4. The van der Waals surface area contributed by atoms with Crippen LogP contribution in [-0.4, -0.2) is 17.0 Å². The highest BCUT2D eigenvalue weighted by Crippen LogP contribution is 2.10. The van der Waals surface area contributed by atoms with E-state index in [1.54, 1.807) is 6.92 Å². The highest BCUT2D eigenvalue weighted by molar-refractivity contribution is 5.77. The second kappa shape index (κ2) is 5.29. The first-order valence-corrected chi connectivity index (χ1v) is 3.91. The number of carbonyl (C=O) groups is 1. The van der Waals surface area contributed by atoms with Crippen LogP contribution in [0.5, 0.6) is 0 Å². The molecule has 0 aliphatic heterocycles. The van der Waals surface area contributed by atoms with E-state index in [-0.39, 0.29) is 11.7 Å². The van der Waals surface area contributed by atoms with Crippen LogP contribution in [0.4, 0.5) is 0 Å². The van der Waals surface area contributed by atoms with Crippen molar-refractivity contribution in [3.63, 3.8) is 0 Å². The van der Waals surface area contributed by atoms with Gasteiger partial charge in [-0.1, -0.05) is 13.0 Å². The summed E-state index contributed by atoms with van der Waals surface area (Å²) in [7, 11) is 0. The average Bonchev–Trinajstić information content (AvgIpc) is 2.02. The Bertz CT molecular complexity index is 214. The molecule has 0 N–H and O–H groups in total. The van der Waals surface area contributed by atoms with E-state index in [9.17, 15) is 14.9 Å². The van der Waals surface area contributed by atoms with Crippen molar-refractivity contribution in [1.29, 1.82) is 0 Å². The predicted molar refractivity (Wildman–Crippen MR) is 46.5 cm³/mol. The molecule has 0 rings (SSSR count). The lowest BCUT2D eigenvalue weighted by atomic mass is 10.0. The Labute approximate surface area is 76.5 Å². The molecule has 2 unspecified atom stereocenters. The highest BCUT2D eigenvalue weighted by atomic mass is 17.0. The summed E-state index contributed by atoms with van der Waals surface area (Å²) in [6.07, 6.45) is 0.913. The van der Waals surface area contributed by atoms with E-state index in [0.717, 1.165) is 0 Å². The second-order valence-corrected chi connectivity index (χ2v) is 2.85. The molecule has 74 valence electrons. The van der Waals surface area contributed by atoms with Crippen LogP contribution in [0.2, 0.25) is 0 Å². The van der Waals surface area contributed by atoms with E-state index < -0.39 is 11.2 Å². The zero-order valence-electron chi connectivity index (χ0n) is 7.73. The topological polar surface area (TPSA) is 69.4 Å². The van der Waals surface area contributed by atoms with Crippen LogP contribution in [0, 0.1) is 16.0 Å². The number of hydrogen-bond donors (Lipinski definition) is 0. The molecule has 0 spiro atoms. The monoisotopic (exact) mass is 187 g/mol. The van der Waals surface area contributed by atoms with Gasteiger partial charge in [0, 0.05) is 5.92 Å². The van der Waals surface area contributed by atoms with Gasteiger partial charge in [-0.25, -0.2) is 0 Å². The predicted octanol–water partition coefficient (Wildman–Crippen LogP) is 1.36. The lowest BCUT2D eigenvalue weighted by molar-refractivity contribution is -0.765. The summed E-state index contributed by atoms with van der Waals surface area (Å²) >= 11 is 0. The largest absolute Gasteiger partial charge is 0.306 e. The first-order valence-electron chi connectivity index (χ1n) is 3.91. The number of Topliss-reactive ketones (excluding diaryl/α,β-unsaturated/α-hetero) is 1. The smallest absolute Gasteiger partial charge is 0.295 e. The van der Waals surface area contributed by atoms with E-state index in [4.69, 9.17) is 0 Å². The van der Waals surface area contributed by atoms with Crippen LogP contribution >= 0.6 is 0 Å². The third-order valence-corrected chi connectivity index (χ3v) is 1.76. The van der Waals surface area contributed by atoms with E-state index in [2.05, 4.69) is 11.4 Å². The summed E-state index contributed by atoms with van der Waals surface area (Å²) in [6.45, 7) is 6.52. The van der Waals surface area contributed by atoms with Gasteiger partial charge >= 0.3 is 0 Å². The van der Waals surface area contributed by atoms with Crippen LogP contribution < -0.4 is 0 Å². The zero-order valence-corrected chi connectivity index (χ0v) is 7.73. The van der Waals surface area contributed by atoms with Gasteiger partial charge < -0.3 is 4.84 Å². The van der Waals surface area contributed by atoms with Gasteiger partial charge in [0.05, 0.1) is 0 Å². The Morgan fingerprint density at radius 1 is 1.77 bits per heavy atom. The lowest BCUT2D eigenvalue weighted by Crippen LogP contribution is -2.20. The van der Waals surface area contributed by atoms with Crippen LogP contribution in [0.3, 0.4) is 0 Å². The van der Waals surface area contributed by atoms with Gasteiger partial charge in [-0.2, -0.15) is 0 Å². The molecular weight excluding hydrogens is 174 g/mol. The van der Waals surface area contributed by atoms with Crippen LogP contribution in [0.1, 0.15) is 20.3 Å². The fourth-order valence-corrected chi connectivity index (χ4v) is 0.807. The second-order valence-electron chi connectivity index (χ2n) is 2.85. The maximum Gasteiger partial charge on any atom is 0.295 e. The third-order valence-electron chi connectivity index (χ3n) is 1.76. The minimum atomic E-state index is -0.876. The molecule has 2 atom stereocenters. The first-order chi connectivity index (χ1) is 5.97. The molecule has 0 aromatic heterocycles. The summed E-state index contributed by atoms with van der Waals surface area (Å²) in [6, 6.07) is 0. The highest BCUT2D eigenvalue weighted by Gasteiger charge is 2.16. The summed E-state index contributed by atoms with van der Waals surface area (Å²) in [4.78, 5) is 25.1. The maximum atomic E-state index is 10.8. The Hall–Kier alpha value is -1.39. The number of ketones is 1. The first kappa shape index (κ1) is 11.6. The van der Waals surface area contributed by atoms with Crippen molar-refractivity contribution in [2.45, 2.75) is 26.4 Å². The Morgan fingerprint density at radius 3 is 2.62 bits per heavy atom. The lowest BCUT2D eigenvalue weighted by Gasteiger charge is -2.13. The molecule has 5 heteroatoms. The summed E-state index contributed by atoms with van der Waals surface area (Å²) in [5.41, 5.74) is 0. The van der Waals surface area contributed by atoms with E-state index in [1.165, 1.54) is 13.0 Å². The van der Waals surface area contributed by atoms with Crippen LogP contribution in [0.25, 0.3) is 0 Å². The molecule has 0 aliphatic rings. The Morgan fingerprint density at radius 2 is 2.31 bits per heavy atom. The molecule has 0 amide bonds. The molecule has 0 fully saturated rings. The fraction of sp³-hybridized carbons (Fsp3) is 0.625. The van der Waals surface area contributed by atoms with Gasteiger partial charge in [-0.3, -0.25) is 4.79 Å². The van der Waals surface area contributed by atoms with E-state index in [0.29, 0.717) is 6.42 Å². The van der Waals surface area contributed by atoms with Gasteiger partial charge in [0.15, 0.2) is 0 Å². The van der Waals surface area contributed by atoms with Crippen molar-refractivity contribution < 1.29 is 14.7 Å². The van der Waals surface area contributed by atoms with Gasteiger partial charge in [-0.15, -0.1) is 16.7 Å². The SMILES string of the molecule is C=CC(CC(C)C(C)=O)O[N+](=O)[O-]. The van der Waals surface area contributed by atoms with Crippen LogP contribution in [-0.2, 0) is 9.63 Å². The van der Waals surface area contributed by atoms with Crippen molar-refractivity contribution >= 4 is 5.78 Å². The molecule has 0 saturated heterocycles. The molecule has 13 heavy (non-hydrogen) atoms. The molecule has 0 bridgehead atoms. The molecule has 5 nitrogen and oxygen atoms in total. The average molecular weight is 187 g/mol. The summed E-state index contributed by atoms with van der Waals surface area (Å²) < 4.78 is 0.